The number of aromatic nitrogens is 3. The Balaban J connectivity index is 2.14. The summed E-state index contributed by atoms with van der Waals surface area (Å²) in [6.07, 6.45) is 1.55. The van der Waals surface area contributed by atoms with Gasteiger partial charge in [-0.25, -0.2) is 9.67 Å². The Morgan fingerprint density at radius 1 is 1.50 bits per heavy atom. The molecule has 4 nitrogen and oxygen atoms in total. The van der Waals surface area contributed by atoms with Gasteiger partial charge in [0, 0.05) is 23.0 Å². The van der Waals surface area contributed by atoms with E-state index < -0.39 is 0 Å². The molecule has 1 heterocycles. The molecule has 6 heteroatoms. The van der Waals surface area contributed by atoms with Crippen molar-refractivity contribution in [1.82, 2.24) is 14.8 Å². The van der Waals surface area contributed by atoms with E-state index in [0.717, 1.165) is 26.6 Å². The van der Waals surface area contributed by atoms with E-state index in [9.17, 15) is 0 Å². The number of hydrogen-bond acceptors (Lipinski definition) is 4. The van der Waals surface area contributed by atoms with Crippen LogP contribution < -0.4 is 5.73 Å². The van der Waals surface area contributed by atoms with Gasteiger partial charge < -0.3 is 5.73 Å². The Bertz CT molecular complexity index is 477. The number of nitrogens with zero attached hydrogens (tertiary/aromatic N) is 3. The number of aryl methyl sites for hydroxylation is 1. The van der Waals surface area contributed by atoms with Gasteiger partial charge in [0.05, 0.1) is 0 Å². The highest BCUT2D eigenvalue weighted by Gasteiger charge is 2.07. The monoisotopic (exact) mass is 298 g/mol. The van der Waals surface area contributed by atoms with Crippen molar-refractivity contribution in [2.24, 2.45) is 7.05 Å². The van der Waals surface area contributed by atoms with Crippen LogP contribution in [0.4, 0.5) is 5.69 Å². The number of nitrogens with two attached hydrogens (primary N) is 1. The molecule has 0 saturated carbocycles. The smallest absolute Gasteiger partial charge is 0.186 e. The highest BCUT2D eigenvalue weighted by atomic mass is 79.9. The lowest BCUT2D eigenvalue weighted by molar-refractivity contribution is 0.685. The van der Waals surface area contributed by atoms with Gasteiger partial charge in [0.25, 0.3) is 0 Å². The third kappa shape index (κ3) is 2.38. The summed E-state index contributed by atoms with van der Waals surface area (Å²) in [7, 11) is 1.87. The second-order valence-corrected chi connectivity index (χ2v) is 5.06. The number of thioether (sulfide) groups is 1. The van der Waals surface area contributed by atoms with Crippen molar-refractivity contribution in [3.05, 3.63) is 34.6 Å². The summed E-state index contributed by atoms with van der Waals surface area (Å²) in [5.41, 5.74) is 7.80. The molecule has 0 bridgehead atoms. The van der Waals surface area contributed by atoms with Crippen molar-refractivity contribution in [1.29, 1.82) is 0 Å². The van der Waals surface area contributed by atoms with Crippen molar-refractivity contribution in [3.63, 3.8) is 0 Å². The number of benzene rings is 1. The number of nitrogen functional groups attached to an aromatic ring is 1. The van der Waals surface area contributed by atoms with Crippen molar-refractivity contribution < 1.29 is 0 Å². The van der Waals surface area contributed by atoms with Crippen LogP contribution in [0.1, 0.15) is 5.56 Å². The third-order valence-electron chi connectivity index (χ3n) is 2.17. The molecule has 2 rings (SSSR count). The van der Waals surface area contributed by atoms with Crippen LogP contribution in [0.25, 0.3) is 0 Å². The number of anilines is 1. The molecule has 0 radical (unpaired) electrons. The molecule has 1 aromatic carbocycles. The first-order valence-electron chi connectivity index (χ1n) is 4.68. The fraction of sp³-hybridized carbons (Fsp3) is 0.200. The molecule has 0 aliphatic rings. The van der Waals surface area contributed by atoms with Gasteiger partial charge >= 0.3 is 0 Å². The summed E-state index contributed by atoms with van der Waals surface area (Å²) < 4.78 is 2.78. The Labute approximate surface area is 106 Å². The summed E-state index contributed by atoms with van der Waals surface area (Å²) in [6, 6.07) is 5.82. The minimum atomic E-state index is 0.778. The van der Waals surface area contributed by atoms with Gasteiger partial charge in [-0.3, -0.25) is 0 Å². The molecule has 0 fully saturated rings. The average molecular weight is 299 g/mol. The average Bonchev–Trinajstić information content (AvgIpc) is 2.64. The van der Waals surface area contributed by atoms with Crippen LogP contribution in [0.5, 0.6) is 0 Å². The molecule has 2 aromatic rings. The normalized spacial score (nSPS) is 10.6. The lowest BCUT2D eigenvalue weighted by atomic mass is 10.2. The van der Waals surface area contributed by atoms with Crippen molar-refractivity contribution >= 4 is 33.4 Å². The first-order valence-corrected chi connectivity index (χ1v) is 6.46. The second-order valence-electron chi connectivity index (χ2n) is 3.26. The second kappa shape index (κ2) is 4.88. The lowest BCUT2D eigenvalue weighted by Crippen LogP contribution is -1.96. The Hall–Kier alpha value is -1.01. The zero-order chi connectivity index (χ0) is 11.5. The van der Waals surface area contributed by atoms with E-state index in [1.165, 1.54) is 0 Å². The molecule has 0 saturated heterocycles. The minimum Gasteiger partial charge on any atom is -0.398 e. The predicted octanol–water partition coefficient (Wildman–Crippen LogP) is 2.45. The fourth-order valence-corrected chi connectivity index (χ4v) is 2.94. The third-order valence-corrected chi connectivity index (χ3v) is 3.97. The topological polar surface area (TPSA) is 56.7 Å². The highest BCUT2D eigenvalue weighted by molar-refractivity contribution is 9.10. The van der Waals surface area contributed by atoms with Crippen LogP contribution >= 0.6 is 27.7 Å². The van der Waals surface area contributed by atoms with E-state index in [-0.39, 0.29) is 0 Å². The Morgan fingerprint density at radius 3 is 2.94 bits per heavy atom. The maximum absolute atomic E-state index is 5.91. The van der Waals surface area contributed by atoms with Crippen molar-refractivity contribution in [2.45, 2.75) is 10.9 Å². The SMILES string of the molecule is Cn1ncnc1SCc1c(N)cccc1Br. The highest BCUT2D eigenvalue weighted by Crippen LogP contribution is 2.29. The first kappa shape index (κ1) is 11.5. The molecule has 84 valence electrons. The zero-order valence-electron chi connectivity index (χ0n) is 8.72. The van der Waals surface area contributed by atoms with E-state index in [2.05, 4.69) is 26.0 Å². The molecule has 0 atom stereocenters. The fourth-order valence-electron chi connectivity index (χ4n) is 1.28. The Morgan fingerprint density at radius 2 is 2.31 bits per heavy atom. The predicted molar refractivity (Wildman–Crippen MR) is 69.1 cm³/mol. The molecule has 0 amide bonds. The van der Waals surface area contributed by atoms with Crippen LogP contribution in [-0.4, -0.2) is 14.8 Å². The van der Waals surface area contributed by atoms with E-state index in [1.807, 2.05) is 25.2 Å². The van der Waals surface area contributed by atoms with Crippen LogP contribution in [0.3, 0.4) is 0 Å². The van der Waals surface area contributed by atoms with Gasteiger partial charge in [-0.1, -0.05) is 33.8 Å². The van der Waals surface area contributed by atoms with Crippen LogP contribution in [0, 0.1) is 0 Å². The van der Waals surface area contributed by atoms with E-state index >= 15 is 0 Å². The molecular formula is C10H11BrN4S. The largest absolute Gasteiger partial charge is 0.398 e. The number of hydrogen-bond donors (Lipinski definition) is 1. The van der Waals surface area contributed by atoms with Crippen LogP contribution in [0.15, 0.2) is 34.2 Å². The quantitative estimate of drug-likeness (QED) is 0.698. The number of rotatable bonds is 3. The molecular weight excluding hydrogens is 288 g/mol. The van der Waals surface area contributed by atoms with Crippen LogP contribution in [-0.2, 0) is 12.8 Å². The summed E-state index contributed by atoms with van der Waals surface area (Å²) >= 11 is 5.11. The number of halogens is 1. The molecule has 0 aliphatic heterocycles. The van der Waals surface area contributed by atoms with Gasteiger partial charge in [0.2, 0.25) is 0 Å². The summed E-state index contributed by atoms with van der Waals surface area (Å²) in [5, 5.41) is 4.90. The van der Waals surface area contributed by atoms with E-state index in [1.54, 1.807) is 22.8 Å². The standard InChI is InChI=1S/C10H11BrN4S/c1-15-10(13-6-14-15)16-5-7-8(11)3-2-4-9(7)12/h2-4,6H,5,12H2,1H3. The molecule has 2 N–H and O–H groups in total. The minimum absolute atomic E-state index is 0.778. The molecule has 1 aromatic heterocycles. The Kier molecular flexibility index (Phi) is 3.50. The van der Waals surface area contributed by atoms with Gasteiger partial charge in [-0.2, -0.15) is 5.10 Å². The zero-order valence-corrected chi connectivity index (χ0v) is 11.1. The summed E-state index contributed by atoms with van der Waals surface area (Å²) in [5.74, 6) is 0.778. The van der Waals surface area contributed by atoms with Crippen molar-refractivity contribution in [3.8, 4) is 0 Å². The summed E-state index contributed by atoms with van der Waals surface area (Å²) in [4.78, 5) is 4.15. The molecule has 16 heavy (non-hydrogen) atoms. The van der Waals surface area contributed by atoms with Crippen LogP contribution in [0.2, 0.25) is 0 Å². The maximum atomic E-state index is 5.91. The van der Waals surface area contributed by atoms with E-state index in [4.69, 9.17) is 5.73 Å². The van der Waals surface area contributed by atoms with Gasteiger partial charge in [-0.15, -0.1) is 0 Å². The maximum Gasteiger partial charge on any atom is 0.186 e. The molecule has 0 spiro atoms. The first-order chi connectivity index (χ1) is 7.68. The molecule has 0 aliphatic carbocycles. The summed E-state index contributed by atoms with van der Waals surface area (Å²) in [6.45, 7) is 0. The van der Waals surface area contributed by atoms with Crippen molar-refractivity contribution in [2.75, 3.05) is 5.73 Å². The van der Waals surface area contributed by atoms with Gasteiger partial charge in [0.1, 0.15) is 6.33 Å². The van der Waals surface area contributed by atoms with Gasteiger partial charge in [0.15, 0.2) is 5.16 Å². The lowest BCUT2D eigenvalue weighted by Gasteiger charge is -2.07. The van der Waals surface area contributed by atoms with E-state index in [0.29, 0.717) is 0 Å². The van der Waals surface area contributed by atoms with Gasteiger partial charge in [-0.05, 0) is 17.7 Å². The molecule has 0 unspecified atom stereocenters.